The predicted molar refractivity (Wildman–Crippen MR) is 84.2 cm³/mol. The average molecular weight is 344 g/mol. The van der Waals surface area contributed by atoms with Crippen LogP contribution in [-0.2, 0) is 0 Å². The van der Waals surface area contributed by atoms with Crippen molar-refractivity contribution in [1.29, 1.82) is 0 Å². The molecule has 0 bridgehead atoms. The minimum atomic E-state index is -0.220. The van der Waals surface area contributed by atoms with Gasteiger partial charge in [-0.3, -0.25) is 4.90 Å². The zero-order chi connectivity index (χ0) is 14.7. The summed E-state index contributed by atoms with van der Waals surface area (Å²) in [6.07, 6.45) is 1.12. The summed E-state index contributed by atoms with van der Waals surface area (Å²) in [7, 11) is 2.17. The summed E-state index contributed by atoms with van der Waals surface area (Å²) in [5.41, 5.74) is 6.92. The van der Waals surface area contributed by atoms with Crippen LogP contribution in [0.4, 0.5) is 4.39 Å². The standard InChI is InChI=1S/C15H23BrFN3/c1-3-12-10-20(7-6-19(12)2)15(9-18)11-4-5-13(16)14(17)8-11/h4-5,8,12,15H,3,6-7,9-10,18H2,1-2H3. The van der Waals surface area contributed by atoms with Crippen molar-refractivity contribution >= 4 is 15.9 Å². The Morgan fingerprint density at radius 1 is 1.45 bits per heavy atom. The molecule has 0 amide bonds. The maximum atomic E-state index is 13.7. The zero-order valence-corrected chi connectivity index (χ0v) is 13.7. The molecule has 0 saturated carbocycles. The summed E-state index contributed by atoms with van der Waals surface area (Å²) < 4.78 is 14.2. The van der Waals surface area contributed by atoms with Gasteiger partial charge >= 0.3 is 0 Å². The molecule has 1 aromatic carbocycles. The predicted octanol–water partition coefficient (Wildman–Crippen LogP) is 2.61. The first-order valence-electron chi connectivity index (χ1n) is 7.16. The monoisotopic (exact) mass is 343 g/mol. The van der Waals surface area contributed by atoms with Crippen LogP contribution in [0.15, 0.2) is 22.7 Å². The van der Waals surface area contributed by atoms with Crippen molar-refractivity contribution in [2.45, 2.75) is 25.4 Å². The lowest BCUT2D eigenvalue weighted by Crippen LogP contribution is -2.53. The lowest BCUT2D eigenvalue weighted by atomic mass is 10.0. The van der Waals surface area contributed by atoms with Gasteiger partial charge in [-0.1, -0.05) is 13.0 Å². The van der Waals surface area contributed by atoms with Gasteiger partial charge in [0.1, 0.15) is 5.82 Å². The summed E-state index contributed by atoms with van der Waals surface area (Å²) in [4.78, 5) is 4.78. The average Bonchev–Trinajstić information content (AvgIpc) is 2.45. The summed E-state index contributed by atoms with van der Waals surface area (Å²) >= 11 is 3.20. The van der Waals surface area contributed by atoms with E-state index in [1.165, 1.54) is 0 Å². The van der Waals surface area contributed by atoms with E-state index in [1.807, 2.05) is 6.07 Å². The van der Waals surface area contributed by atoms with Crippen molar-refractivity contribution in [1.82, 2.24) is 9.80 Å². The molecule has 1 heterocycles. The van der Waals surface area contributed by atoms with E-state index >= 15 is 0 Å². The summed E-state index contributed by atoms with van der Waals surface area (Å²) in [6.45, 7) is 5.73. The molecule has 2 atom stereocenters. The Balaban J connectivity index is 2.17. The third-order valence-electron chi connectivity index (χ3n) is 4.27. The van der Waals surface area contributed by atoms with E-state index in [1.54, 1.807) is 12.1 Å². The quantitative estimate of drug-likeness (QED) is 0.911. The van der Waals surface area contributed by atoms with Gasteiger partial charge in [-0.25, -0.2) is 4.39 Å². The van der Waals surface area contributed by atoms with E-state index in [0.717, 1.165) is 31.6 Å². The van der Waals surface area contributed by atoms with E-state index in [4.69, 9.17) is 5.73 Å². The molecule has 3 nitrogen and oxygen atoms in total. The van der Waals surface area contributed by atoms with Gasteiger partial charge in [0.25, 0.3) is 0 Å². The van der Waals surface area contributed by atoms with Gasteiger partial charge in [-0.2, -0.15) is 0 Å². The van der Waals surface area contributed by atoms with E-state index in [9.17, 15) is 4.39 Å². The number of halogens is 2. The fourth-order valence-corrected chi connectivity index (χ4v) is 3.16. The summed E-state index contributed by atoms with van der Waals surface area (Å²) in [6, 6.07) is 5.98. The number of hydrogen-bond donors (Lipinski definition) is 1. The normalized spacial score (nSPS) is 22.9. The fraction of sp³-hybridized carbons (Fsp3) is 0.600. The van der Waals surface area contributed by atoms with Crippen molar-refractivity contribution in [3.8, 4) is 0 Å². The molecular formula is C15H23BrFN3. The number of likely N-dealkylation sites (N-methyl/N-ethyl adjacent to an activating group) is 1. The van der Waals surface area contributed by atoms with Crippen LogP contribution >= 0.6 is 15.9 Å². The zero-order valence-electron chi connectivity index (χ0n) is 12.1. The minimum absolute atomic E-state index is 0.0975. The molecule has 1 saturated heterocycles. The molecule has 2 N–H and O–H groups in total. The highest BCUT2D eigenvalue weighted by molar-refractivity contribution is 9.10. The second kappa shape index (κ2) is 6.98. The van der Waals surface area contributed by atoms with Gasteiger partial charge in [-0.15, -0.1) is 0 Å². The molecule has 0 spiro atoms. The molecule has 5 heteroatoms. The Morgan fingerprint density at radius 2 is 2.20 bits per heavy atom. The molecule has 1 aliphatic heterocycles. The number of piperazine rings is 1. The van der Waals surface area contributed by atoms with Crippen molar-refractivity contribution in [2.75, 3.05) is 33.2 Å². The Hall–Kier alpha value is -0.490. The second-order valence-electron chi connectivity index (χ2n) is 5.46. The SMILES string of the molecule is CCC1CN(C(CN)c2ccc(Br)c(F)c2)CCN1C. The summed E-state index contributed by atoms with van der Waals surface area (Å²) in [5, 5.41) is 0. The van der Waals surface area contributed by atoms with Crippen molar-refractivity contribution in [3.63, 3.8) is 0 Å². The van der Waals surface area contributed by atoms with Crippen LogP contribution in [0.1, 0.15) is 24.9 Å². The van der Waals surface area contributed by atoms with Crippen molar-refractivity contribution in [3.05, 3.63) is 34.1 Å². The number of rotatable bonds is 4. The Bertz CT molecular complexity index is 455. The molecule has 1 fully saturated rings. The minimum Gasteiger partial charge on any atom is -0.329 e. The fourth-order valence-electron chi connectivity index (χ4n) is 2.91. The van der Waals surface area contributed by atoms with Gasteiger partial charge < -0.3 is 10.6 Å². The van der Waals surface area contributed by atoms with E-state index in [-0.39, 0.29) is 11.9 Å². The molecule has 1 aromatic rings. The van der Waals surface area contributed by atoms with E-state index in [2.05, 4.69) is 39.7 Å². The first kappa shape index (κ1) is 15.9. The maximum Gasteiger partial charge on any atom is 0.137 e. The van der Waals surface area contributed by atoms with Gasteiger partial charge in [0.15, 0.2) is 0 Å². The van der Waals surface area contributed by atoms with Crippen molar-refractivity contribution < 1.29 is 4.39 Å². The van der Waals surface area contributed by atoms with Gasteiger partial charge in [0.05, 0.1) is 4.47 Å². The first-order valence-corrected chi connectivity index (χ1v) is 7.95. The van der Waals surface area contributed by atoms with E-state index in [0.29, 0.717) is 17.1 Å². The number of benzene rings is 1. The highest BCUT2D eigenvalue weighted by atomic mass is 79.9. The largest absolute Gasteiger partial charge is 0.329 e. The second-order valence-corrected chi connectivity index (χ2v) is 6.32. The number of nitrogens with two attached hydrogens (primary N) is 1. The van der Waals surface area contributed by atoms with Crippen LogP contribution in [-0.4, -0.2) is 49.1 Å². The Labute approximate surface area is 129 Å². The molecule has 0 aliphatic carbocycles. The smallest absolute Gasteiger partial charge is 0.137 e. The van der Waals surface area contributed by atoms with Crippen LogP contribution in [0.3, 0.4) is 0 Å². The molecule has 0 radical (unpaired) electrons. The van der Waals surface area contributed by atoms with Crippen LogP contribution < -0.4 is 5.73 Å². The maximum absolute atomic E-state index is 13.7. The van der Waals surface area contributed by atoms with E-state index < -0.39 is 0 Å². The molecule has 2 unspecified atom stereocenters. The topological polar surface area (TPSA) is 32.5 Å². The van der Waals surface area contributed by atoms with Crippen molar-refractivity contribution in [2.24, 2.45) is 5.73 Å². The Kier molecular flexibility index (Phi) is 5.55. The molecule has 0 aromatic heterocycles. The molecule has 112 valence electrons. The molecule has 2 rings (SSSR count). The van der Waals surface area contributed by atoms with Crippen LogP contribution in [0.25, 0.3) is 0 Å². The lowest BCUT2D eigenvalue weighted by Gasteiger charge is -2.42. The highest BCUT2D eigenvalue weighted by Gasteiger charge is 2.28. The Morgan fingerprint density at radius 3 is 2.80 bits per heavy atom. The lowest BCUT2D eigenvalue weighted by molar-refractivity contribution is 0.0643. The van der Waals surface area contributed by atoms with Crippen LogP contribution in [0.5, 0.6) is 0 Å². The first-order chi connectivity index (χ1) is 9.56. The highest BCUT2D eigenvalue weighted by Crippen LogP contribution is 2.26. The molecular weight excluding hydrogens is 321 g/mol. The van der Waals surface area contributed by atoms with Crippen LogP contribution in [0, 0.1) is 5.82 Å². The van der Waals surface area contributed by atoms with Gasteiger partial charge in [0, 0.05) is 38.3 Å². The number of nitrogens with zero attached hydrogens (tertiary/aromatic N) is 2. The third kappa shape index (κ3) is 3.39. The van der Waals surface area contributed by atoms with Gasteiger partial charge in [0.2, 0.25) is 0 Å². The number of hydrogen-bond acceptors (Lipinski definition) is 3. The molecule has 1 aliphatic rings. The summed E-state index contributed by atoms with van der Waals surface area (Å²) in [5.74, 6) is -0.220. The van der Waals surface area contributed by atoms with Crippen LogP contribution in [0.2, 0.25) is 0 Å². The third-order valence-corrected chi connectivity index (χ3v) is 4.92. The molecule has 20 heavy (non-hydrogen) atoms. The van der Waals surface area contributed by atoms with Gasteiger partial charge in [-0.05, 0) is 47.1 Å².